The van der Waals surface area contributed by atoms with Gasteiger partial charge in [-0.05, 0) is 36.0 Å². The van der Waals surface area contributed by atoms with Gasteiger partial charge in [0.25, 0.3) is 0 Å². The fourth-order valence-corrected chi connectivity index (χ4v) is 4.89. The first-order chi connectivity index (χ1) is 7.74. The van der Waals surface area contributed by atoms with Crippen LogP contribution in [0.4, 0.5) is 0 Å². The summed E-state index contributed by atoms with van der Waals surface area (Å²) in [5.41, 5.74) is -0.163. The van der Waals surface area contributed by atoms with Crippen LogP contribution in [0.5, 0.6) is 0 Å². The van der Waals surface area contributed by atoms with Gasteiger partial charge in [0.05, 0.1) is 5.92 Å². The standard InChI is InChI=1S/C15H26O2/c1-13(2)7-5-8-14(3)11(13)6-9-15(4,17)12(14)10-16/h10-12,17H,5-9H2,1-4H3/p+1/t11?,12-,14+,15-/m1/s1. The molecule has 2 heteroatoms. The molecule has 2 saturated carbocycles. The highest BCUT2D eigenvalue weighted by molar-refractivity contribution is 5.58. The van der Waals surface area contributed by atoms with Crippen molar-refractivity contribution in [3.8, 4) is 0 Å². The molecular formula is C15H27O2+. The first-order valence-electron chi connectivity index (χ1n) is 6.94. The predicted octanol–water partition coefficient (Wildman–Crippen LogP) is 2.91. The van der Waals surface area contributed by atoms with Crippen LogP contribution in [0.2, 0.25) is 0 Å². The monoisotopic (exact) mass is 239 g/mol. The van der Waals surface area contributed by atoms with Crippen LogP contribution in [0.25, 0.3) is 0 Å². The van der Waals surface area contributed by atoms with Gasteiger partial charge in [-0.1, -0.05) is 27.2 Å². The molecular weight excluding hydrogens is 212 g/mol. The number of carbonyl (C=O) groups is 1. The van der Waals surface area contributed by atoms with E-state index < -0.39 is 5.60 Å². The van der Waals surface area contributed by atoms with Crippen molar-refractivity contribution in [1.29, 1.82) is 0 Å². The van der Waals surface area contributed by atoms with Crippen LogP contribution in [0, 0.1) is 22.7 Å². The van der Waals surface area contributed by atoms with Gasteiger partial charge in [-0.15, -0.1) is 0 Å². The second-order valence-corrected chi connectivity index (χ2v) is 7.47. The molecule has 2 aliphatic carbocycles. The minimum atomic E-state index is -0.555. The molecule has 1 unspecified atom stereocenters. The Labute approximate surface area is 105 Å². The zero-order valence-corrected chi connectivity index (χ0v) is 11.7. The van der Waals surface area contributed by atoms with E-state index in [0.717, 1.165) is 25.5 Å². The fourth-order valence-electron chi connectivity index (χ4n) is 4.89. The number of hydrogen-bond donors (Lipinski definition) is 0. The average molecular weight is 239 g/mol. The van der Waals surface area contributed by atoms with Crippen LogP contribution >= 0.6 is 0 Å². The molecule has 2 nitrogen and oxygen atoms in total. The Bertz CT molecular complexity index is 319. The smallest absolute Gasteiger partial charge is 0.170 e. The zero-order valence-electron chi connectivity index (χ0n) is 11.7. The summed E-state index contributed by atoms with van der Waals surface area (Å²) < 4.78 is 0. The van der Waals surface area contributed by atoms with Crippen molar-refractivity contribution in [2.75, 3.05) is 0 Å². The van der Waals surface area contributed by atoms with Gasteiger partial charge in [-0.2, -0.15) is 0 Å². The minimum Gasteiger partial charge on any atom is -0.441 e. The third-order valence-electron chi connectivity index (χ3n) is 5.76. The van der Waals surface area contributed by atoms with Crippen molar-refractivity contribution < 1.29 is 9.90 Å². The largest absolute Gasteiger partial charge is 0.441 e. The van der Waals surface area contributed by atoms with E-state index in [-0.39, 0.29) is 11.3 Å². The average Bonchev–Trinajstić information content (AvgIpc) is 2.14. The number of aldehydes is 1. The van der Waals surface area contributed by atoms with Gasteiger partial charge in [0.15, 0.2) is 5.60 Å². The predicted molar refractivity (Wildman–Crippen MR) is 70.0 cm³/mol. The van der Waals surface area contributed by atoms with Gasteiger partial charge >= 0.3 is 0 Å². The number of rotatable bonds is 1. The van der Waals surface area contributed by atoms with Crippen molar-refractivity contribution in [2.45, 2.75) is 65.4 Å². The number of fused-ring (bicyclic) bond motifs is 1. The molecule has 17 heavy (non-hydrogen) atoms. The van der Waals surface area contributed by atoms with E-state index in [1.165, 1.54) is 12.8 Å². The van der Waals surface area contributed by atoms with Gasteiger partial charge in [0, 0.05) is 13.3 Å². The minimum absolute atomic E-state index is 0.0538. The Balaban J connectivity index is 2.40. The third kappa shape index (κ3) is 1.85. The molecule has 0 aliphatic heterocycles. The molecule has 0 bridgehead atoms. The topological polar surface area (TPSA) is 40.0 Å². The molecule has 0 spiro atoms. The molecule has 0 heterocycles. The first kappa shape index (κ1) is 13.1. The molecule has 0 radical (unpaired) electrons. The van der Waals surface area contributed by atoms with E-state index in [0.29, 0.717) is 11.3 Å². The van der Waals surface area contributed by atoms with Crippen LogP contribution in [-0.2, 0) is 4.79 Å². The van der Waals surface area contributed by atoms with E-state index in [4.69, 9.17) is 5.11 Å². The normalized spacial score (nSPS) is 49.5. The van der Waals surface area contributed by atoms with Crippen LogP contribution < -0.4 is 0 Å². The Morgan fingerprint density at radius 1 is 1.12 bits per heavy atom. The van der Waals surface area contributed by atoms with Crippen LogP contribution in [0.3, 0.4) is 0 Å². The van der Waals surface area contributed by atoms with Crippen molar-refractivity contribution in [2.24, 2.45) is 22.7 Å². The van der Waals surface area contributed by atoms with E-state index in [9.17, 15) is 4.79 Å². The van der Waals surface area contributed by atoms with Gasteiger partial charge in [0.1, 0.15) is 6.29 Å². The van der Waals surface area contributed by atoms with Crippen molar-refractivity contribution in [3.05, 3.63) is 0 Å². The molecule has 0 amide bonds. The summed E-state index contributed by atoms with van der Waals surface area (Å²) in [6, 6.07) is 0. The molecule has 2 rings (SSSR count). The molecule has 98 valence electrons. The highest BCUT2D eigenvalue weighted by Gasteiger charge is 2.60. The Morgan fingerprint density at radius 2 is 1.76 bits per heavy atom. The van der Waals surface area contributed by atoms with Crippen molar-refractivity contribution in [1.82, 2.24) is 0 Å². The fraction of sp³-hybridized carbons (Fsp3) is 0.933. The summed E-state index contributed by atoms with van der Waals surface area (Å²) in [7, 11) is 0. The molecule has 0 aromatic heterocycles. The van der Waals surface area contributed by atoms with E-state index in [1.807, 2.05) is 6.92 Å². The van der Waals surface area contributed by atoms with Crippen molar-refractivity contribution >= 4 is 6.29 Å². The molecule has 2 fully saturated rings. The zero-order chi connectivity index (χ0) is 12.9. The maximum absolute atomic E-state index is 11.5. The molecule has 0 saturated heterocycles. The van der Waals surface area contributed by atoms with Gasteiger partial charge < -0.3 is 9.90 Å². The molecule has 0 aromatic rings. The molecule has 2 aliphatic rings. The Hall–Kier alpha value is -0.370. The number of carbonyl (C=O) groups excluding carboxylic acids is 1. The summed E-state index contributed by atoms with van der Waals surface area (Å²) in [4.78, 5) is 11.5. The molecule has 0 aromatic carbocycles. The third-order valence-corrected chi connectivity index (χ3v) is 5.76. The number of hydrogen-bond acceptors (Lipinski definition) is 1. The second-order valence-electron chi connectivity index (χ2n) is 7.47. The second kappa shape index (κ2) is 3.81. The Kier molecular flexibility index (Phi) is 2.93. The van der Waals surface area contributed by atoms with Gasteiger partial charge in [-0.3, -0.25) is 0 Å². The highest BCUT2D eigenvalue weighted by atomic mass is 16.3. The summed E-state index contributed by atoms with van der Waals surface area (Å²) in [5, 5.41) is 8.43. The Morgan fingerprint density at radius 3 is 2.35 bits per heavy atom. The highest BCUT2D eigenvalue weighted by Crippen LogP contribution is 2.61. The van der Waals surface area contributed by atoms with Crippen molar-refractivity contribution in [3.63, 3.8) is 0 Å². The lowest BCUT2D eigenvalue weighted by Gasteiger charge is -2.58. The molecule has 2 N–H and O–H groups in total. The van der Waals surface area contributed by atoms with Gasteiger partial charge in [0.2, 0.25) is 0 Å². The van der Waals surface area contributed by atoms with E-state index in [2.05, 4.69) is 20.8 Å². The van der Waals surface area contributed by atoms with Crippen LogP contribution in [0.1, 0.15) is 59.8 Å². The first-order valence-corrected chi connectivity index (χ1v) is 6.94. The van der Waals surface area contributed by atoms with Gasteiger partial charge in [-0.25, -0.2) is 0 Å². The molecule has 4 atom stereocenters. The summed E-state index contributed by atoms with van der Waals surface area (Å²) >= 11 is 0. The summed E-state index contributed by atoms with van der Waals surface area (Å²) in [6.45, 7) is 8.92. The van der Waals surface area contributed by atoms with Crippen LogP contribution in [0.15, 0.2) is 0 Å². The SMILES string of the molecule is CC1(C)CCC[C@@]2(C)C1CC[C@@](C)([OH2+])[C@@H]2C=O. The maximum Gasteiger partial charge on any atom is 0.170 e. The van der Waals surface area contributed by atoms with E-state index in [1.54, 1.807) is 0 Å². The lowest BCUT2D eigenvalue weighted by Crippen LogP contribution is -2.58. The lowest BCUT2D eigenvalue weighted by molar-refractivity contribution is -0.169. The summed E-state index contributed by atoms with van der Waals surface area (Å²) in [6.07, 6.45) is 6.68. The maximum atomic E-state index is 11.5. The van der Waals surface area contributed by atoms with E-state index >= 15 is 0 Å². The van der Waals surface area contributed by atoms with Crippen LogP contribution in [-0.4, -0.2) is 17.0 Å². The quantitative estimate of drug-likeness (QED) is 0.512. The lowest BCUT2D eigenvalue weighted by atomic mass is 9.46. The summed E-state index contributed by atoms with van der Waals surface area (Å²) in [5.74, 6) is 0.519.